The van der Waals surface area contributed by atoms with Gasteiger partial charge in [0.1, 0.15) is 0 Å². The van der Waals surface area contributed by atoms with Crippen LogP contribution < -0.4 is 5.32 Å². The lowest BCUT2D eigenvalue weighted by molar-refractivity contribution is -0.111. The van der Waals surface area contributed by atoms with E-state index in [-0.39, 0.29) is 12.5 Å². The number of halogens is 1. The molecule has 2 N–H and O–H groups in total. The summed E-state index contributed by atoms with van der Waals surface area (Å²) in [5.41, 5.74) is 3.28. The maximum absolute atomic E-state index is 11.5. The first kappa shape index (κ1) is 14.7. The van der Waals surface area contributed by atoms with E-state index in [0.29, 0.717) is 10.7 Å². The third-order valence-corrected chi connectivity index (χ3v) is 3.31. The van der Waals surface area contributed by atoms with Crippen LogP contribution in [0.1, 0.15) is 30.5 Å². The molecule has 0 fully saturated rings. The van der Waals surface area contributed by atoms with E-state index in [0.717, 1.165) is 23.1 Å². The van der Waals surface area contributed by atoms with E-state index in [2.05, 4.69) is 5.32 Å². The van der Waals surface area contributed by atoms with Crippen molar-refractivity contribution in [3.05, 3.63) is 39.9 Å². The van der Waals surface area contributed by atoms with Crippen LogP contribution in [0.15, 0.2) is 18.2 Å². The van der Waals surface area contributed by atoms with Crippen molar-refractivity contribution in [1.29, 1.82) is 0 Å². The summed E-state index contributed by atoms with van der Waals surface area (Å²) in [5.74, 6) is -0.230. The van der Waals surface area contributed by atoms with E-state index >= 15 is 0 Å². The number of anilines is 1. The van der Waals surface area contributed by atoms with Crippen molar-refractivity contribution in [2.24, 2.45) is 0 Å². The van der Waals surface area contributed by atoms with Crippen LogP contribution in [0.5, 0.6) is 0 Å². The van der Waals surface area contributed by atoms with Crippen LogP contribution >= 0.6 is 11.6 Å². The highest BCUT2D eigenvalue weighted by molar-refractivity contribution is 6.34. The normalized spacial score (nSPS) is 10.9. The second-order valence-corrected chi connectivity index (χ2v) is 4.38. The number of carbonyl (C=O) groups excluding carboxylic acids is 1. The molecule has 4 heteroatoms. The van der Waals surface area contributed by atoms with Gasteiger partial charge in [-0.15, -0.1) is 0 Å². The van der Waals surface area contributed by atoms with E-state index in [4.69, 9.17) is 11.6 Å². The molecule has 0 aromatic heterocycles. The van der Waals surface area contributed by atoms with Crippen LogP contribution in [0.2, 0.25) is 5.02 Å². The summed E-state index contributed by atoms with van der Waals surface area (Å²) in [6.45, 7) is 5.61. The lowest BCUT2D eigenvalue weighted by Crippen LogP contribution is -2.10. The van der Waals surface area contributed by atoms with E-state index in [1.807, 2.05) is 13.8 Å². The van der Waals surface area contributed by atoms with Gasteiger partial charge in [0.25, 0.3) is 0 Å². The number of nitrogens with one attached hydrogen (secondary N) is 1. The minimum atomic E-state index is -0.230. The van der Waals surface area contributed by atoms with E-state index < -0.39 is 0 Å². The highest BCUT2D eigenvalue weighted by Gasteiger charge is 2.13. The van der Waals surface area contributed by atoms with Crippen LogP contribution in [0.3, 0.4) is 0 Å². The lowest BCUT2D eigenvalue weighted by Gasteiger charge is -2.15. The van der Waals surface area contributed by atoms with E-state index in [9.17, 15) is 9.90 Å². The Balaban J connectivity index is 3.21. The van der Waals surface area contributed by atoms with Crippen molar-refractivity contribution < 1.29 is 9.90 Å². The molecule has 18 heavy (non-hydrogen) atoms. The van der Waals surface area contributed by atoms with Gasteiger partial charge < -0.3 is 10.4 Å². The highest BCUT2D eigenvalue weighted by Crippen LogP contribution is 2.31. The first-order valence-electron chi connectivity index (χ1n) is 5.90. The van der Waals surface area contributed by atoms with Crippen molar-refractivity contribution >= 4 is 23.2 Å². The number of aliphatic hydroxyl groups excluding tert-OH is 1. The second-order valence-electron chi connectivity index (χ2n) is 4.00. The minimum absolute atomic E-state index is 0.0618. The molecule has 0 radical (unpaired) electrons. The van der Waals surface area contributed by atoms with Crippen molar-refractivity contribution in [3.8, 4) is 0 Å². The standard InChI is InChI=1S/C14H18ClNO2/c1-4-6-13(18)16-12-7-10(8-17)11(5-2)9(3)14(12)15/h4,6-7,17H,5,8H2,1-3H3,(H,16,18)/b6-4+. The summed E-state index contributed by atoms with van der Waals surface area (Å²) >= 11 is 6.23. The average molecular weight is 268 g/mol. The Hall–Kier alpha value is -1.32. The summed E-state index contributed by atoms with van der Waals surface area (Å²) < 4.78 is 0. The molecule has 1 rings (SSSR count). The van der Waals surface area contributed by atoms with Crippen molar-refractivity contribution in [2.45, 2.75) is 33.8 Å². The molecular formula is C14H18ClNO2. The molecule has 98 valence electrons. The van der Waals surface area contributed by atoms with Crippen LogP contribution in [0, 0.1) is 6.92 Å². The van der Waals surface area contributed by atoms with Crippen LogP contribution in [-0.2, 0) is 17.8 Å². The molecule has 0 saturated heterocycles. The second kappa shape index (κ2) is 6.57. The first-order chi connectivity index (χ1) is 8.54. The predicted molar refractivity (Wildman–Crippen MR) is 74.9 cm³/mol. The summed E-state index contributed by atoms with van der Waals surface area (Å²) in [7, 11) is 0. The predicted octanol–water partition coefficient (Wildman–Crippen LogP) is 3.22. The van der Waals surface area contributed by atoms with Gasteiger partial charge in [0.15, 0.2) is 0 Å². The lowest BCUT2D eigenvalue weighted by atomic mass is 9.99. The summed E-state index contributed by atoms with van der Waals surface area (Å²) in [4.78, 5) is 11.5. The Bertz CT molecular complexity index is 481. The summed E-state index contributed by atoms with van der Waals surface area (Å²) in [6, 6.07) is 1.73. The molecule has 0 heterocycles. The fourth-order valence-electron chi connectivity index (χ4n) is 1.95. The number of carbonyl (C=O) groups is 1. The largest absolute Gasteiger partial charge is 0.392 e. The number of benzene rings is 1. The molecule has 1 aromatic carbocycles. The van der Waals surface area contributed by atoms with Gasteiger partial charge in [-0.1, -0.05) is 24.6 Å². The van der Waals surface area contributed by atoms with Crippen molar-refractivity contribution in [1.82, 2.24) is 0 Å². The maximum Gasteiger partial charge on any atom is 0.248 e. The van der Waals surface area contributed by atoms with Gasteiger partial charge in [0, 0.05) is 0 Å². The van der Waals surface area contributed by atoms with Gasteiger partial charge in [-0.2, -0.15) is 0 Å². The molecule has 0 atom stereocenters. The topological polar surface area (TPSA) is 49.3 Å². The van der Waals surface area contributed by atoms with Gasteiger partial charge in [0.05, 0.1) is 17.3 Å². The van der Waals surface area contributed by atoms with Gasteiger partial charge >= 0.3 is 0 Å². The Morgan fingerprint density at radius 1 is 1.56 bits per heavy atom. The third kappa shape index (κ3) is 3.12. The molecule has 3 nitrogen and oxygen atoms in total. The number of hydrogen-bond donors (Lipinski definition) is 2. The molecule has 0 saturated carbocycles. The molecule has 0 aliphatic carbocycles. The molecule has 0 aliphatic heterocycles. The van der Waals surface area contributed by atoms with E-state index in [1.165, 1.54) is 6.08 Å². The fourth-order valence-corrected chi connectivity index (χ4v) is 2.17. The van der Waals surface area contributed by atoms with Crippen LogP contribution in [0.25, 0.3) is 0 Å². The van der Waals surface area contributed by atoms with Crippen LogP contribution in [0.4, 0.5) is 5.69 Å². The number of aliphatic hydroxyl groups is 1. The minimum Gasteiger partial charge on any atom is -0.392 e. The Kier molecular flexibility index (Phi) is 5.38. The average Bonchev–Trinajstić information content (AvgIpc) is 2.35. The Morgan fingerprint density at radius 3 is 2.72 bits per heavy atom. The fraction of sp³-hybridized carbons (Fsp3) is 0.357. The molecule has 0 unspecified atom stereocenters. The third-order valence-electron chi connectivity index (χ3n) is 2.82. The zero-order valence-corrected chi connectivity index (χ0v) is 11.6. The zero-order valence-electron chi connectivity index (χ0n) is 10.9. The maximum atomic E-state index is 11.5. The molecule has 1 amide bonds. The number of amides is 1. The zero-order chi connectivity index (χ0) is 13.7. The van der Waals surface area contributed by atoms with E-state index in [1.54, 1.807) is 19.1 Å². The SMILES string of the molecule is C/C=C/C(=O)Nc1cc(CO)c(CC)c(C)c1Cl. The van der Waals surface area contributed by atoms with Gasteiger partial charge in [-0.05, 0) is 49.1 Å². The quantitative estimate of drug-likeness (QED) is 0.823. The van der Waals surface area contributed by atoms with Crippen molar-refractivity contribution in [3.63, 3.8) is 0 Å². The monoisotopic (exact) mass is 267 g/mol. The Morgan fingerprint density at radius 2 is 2.22 bits per heavy atom. The molecule has 0 bridgehead atoms. The number of rotatable bonds is 4. The highest BCUT2D eigenvalue weighted by atomic mass is 35.5. The molecular weight excluding hydrogens is 250 g/mol. The van der Waals surface area contributed by atoms with Gasteiger partial charge in [-0.3, -0.25) is 4.79 Å². The smallest absolute Gasteiger partial charge is 0.248 e. The summed E-state index contributed by atoms with van der Waals surface area (Å²) in [6.07, 6.45) is 3.88. The Labute approximate surface area is 112 Å². The van der Waals surface area contributed by atoms with Gasteiger partial charge in [-0.25, -0.2) is 0 Å². The number of allylic oxidation sites excluding steroid dienone is 1. The van der Waals surface area contributed by atoms with Crippen LogP contribution in [-0.4, -0.2) is 11.0 Å². The van der Waals surface area contributed by atoms with Crippen molar-refractivity contribution in [2.75, 3.05) is 5.32 Å². The first-order valence-corrected chi connectivity index (χ1v) is 6.28. The van der Waals surface area contributed by atoms with Gasteiger partial charge in [0.2, 0.25) is 5.91 Å². The molecule has 0 spiro atoms. The molecule has 1 aromatic rings. The number of hydrogen-bond acceptors (Lipinski definition) is 2. The molecule has 0 aliphatic rings. The summed E-state index contributed by atoms with van der Waals surface area (Å²) in [5, 5.41) is 12.6.